The highest BCUT2D eigenvalue weighted by atomic mass is 32.2. The van der Waals surface area contributed by atoms with Gasteiger partial charge in [0.05, 0.1) is 11.9 Å². The number of rotatable bonds is 10. The molecule has 0 unspecified atom stereocenters. The molecule has 0 aliphatic heterocycles. The second-order valence-electron chi connectivity index (χ2n) is 7.61. The number of carbonyl (C=O) groups excluding carboxylic acids is 1. The average molecular weight is 503 g/mol. The second kappa shape index (κ2) is 11.3. The minimum atomic E-state index is -4.60. The van der Waals surface area contributed by atoms with Gasteiger partial charge < -0.3 is 10.6 Å². The number of hydrogen-bond acceptors (Lipinski definition) is 5. The Morgan fingerprint density at radius 1 is 1.21 bits per heavy atom. The van der Waals surface area contributed by atoms with Crippen molar-refractivity contribution in [2.24, 2.45) is 0 Å². The third kappa shape index (κ3) is 8.32. The van der Waals surface area contributed by atoms with Gasteiger partial charge in [0.25, 0.3) is 0 Å². The van der Waals surface area contributed by atoms with E-state index in [1.54, 1.807) is 0 Å². The van der Waals surface area contributed by atoms with Crippen LogP contribution in [0.25, 0.3) is 6.08 Å². The molecule has 0 bridgehead atoms. The number of unbranched alkanes of at least 4 members (excludes halogenated alkanes) is 1. The van der Waals surface area contributed by atoms with Crippen molar-refractivity contribution >= 4 is 33.5 Å². The highest BCUT2D eigenvalue weighted by Gasteiger charge is 2.32. The molecule has 0 spiro atoms. The van der Waals surface area contributed by atoms with Crippen molar-refractivity contribution in [3.63, 3.8) is 0 Å². The number of hydrogen-bond donors (Lipinski definition) is 3. The van der Waals surface area contributed by atoms with Crippen LogP contribution in [0.3, 0.4) is 0 Å². The van der Waals surface area contributed by atoms with Crippen molar-refractivity contribution < 1.29 is 30.8 Å². The lowest BCUT2D eigenvalue weighted by molar-refractivity contribution is -0.141. The number of carbonyl (C=O) groups is 1. The highest BCUT2D eigenvalue weighted by Crippen LogP contribution is 2.30. The maximum atomic E-state index is 14.3. The quantitative estimate of drug-likeness (QED) is 0.253. The van der Waals surface area contributed by atoms with E-state index in [2.05, 4.69) is 20.3 Å². The summed E-state index contributed by atoms with van der Waals surface area (Å²) in [5.41, 5.74) is -0.176. The maximum Gasteiger partial charge on any atom is 0.433 e. The highest BCUT2D eigenvalue weighted by molar-refractivity contribution is 7.92. The first-order valence-corrected chi connectivity index (χ1v) is 12.2. The maximum absolute atomic E-state index is 14.3. The lowest BCUT2D eigenvalue weighted by atomic mass is 10.1. The van der Waals surface area contributed by atoms with Gasteiger partial charge in [0.1, 0.15) is 17.3 Å². The molecule has 3 N–H and O–H groups in total. The molecule has 1 aromatic carbocycles. The Labute approximate surface area is 195 Å². The van der Waals surface area contributed by atoms with Crippen molar-refractivity contribution in [1.82, 2.24) is 10.3 Å². The van der Waals surface area contributed by atoms with E-state index in [9.17, 15) is 30.8 Å². The van der Waals surface area contributed by atoms with E-state index in [4.69, 9.17) is 0 Å². The van der Waals surface area contributed by atoms with Crippen LogP contribution >= 0.6 is 0 Å². The number of nitrogens with zero attached hydrogens (tertiary/aromatic N) is 1. The molecule has 1 heterocycles. The Balaban J connectivity index is 2.11. The van der Waals surface area contributed by atoms with E-state index < -0.39 is 33.6 Å². The first kappa shape index (κ1) is 27.1. The number of sulfonamides is 1. The summed E-state index contributed by atoms with van der Waals surface area (Å²) in [5, 5.41) is 5.40. The van der Waals surface area contributed by atoms with E-state index in [-0.39, 0.29) is 18.1 Å². The molecule has 7 nitrogen and oxygen atoms in total. The normalized spacial score (nSPS) is 12.1. The zero-order valence-corrected chi connectivity index (χ0v) is 19.7. The first-order valence-electron chi connectivity index (χ1n) is 10.3. The molecule has 0 saturated carbocycles. The van der Waals surface area contributed by atoms with Gasteiger partial charge in [-0.15, -0.1) is 0 Å². The van der Waals surface area contributed by atoms with Crippen molar-refractivity contribution in [3.8, 4) is 0 Å². The largest absolute Gasteiger partial charge is 0.433 e. The van der Waals surface area contributed by atoms with Crippen LogP contribution < -0.4 is 15.4 Å². The van der Waals surface area contributed by atoms with Crippen LogP contribution in [0.2, 0.25) is 0 Å². The molecule has 186 valence electrons. The van der Waals surface area contributed by atoms with Crippen LogP contribution in [0.5, 0.6) is 0 Å². The number of nitrogens with one attached hydrogen (secondary N) is 3. The van der Waals surface area contributed by atoms with Crippen LogP contribution in [0.15, 0.2) is 30.3 Å². The second-order valence-corrected chi connectivity index (χ2v) is 9.36. The van der Waals surface area contributed by atoms with Gasteiger partial charge in [-0.3, -0.25) is 9.52 Å². The Bertz CT molecular complexity index is 1140. The van der Waals surface area contributed by atoms with E-state index in [1.807, 2.05) is 6.92 Å². The molecule has 12 heteroatoms. The fourth-order valence-electron chi connectivity index (χ4n) is 2.93. The van der Waals surface area contributed by atoms with Gasteiger partial charge in [-0.05, 0) is 48.7 Å². The minimum absolute atomic E-state index is 0.0130. The summed E-state index contributed by atoms with van der Waals surface area (Å²) in [5.74, 6) is -1.33. The van der Waals surface area contributed by atoms with Crippen LogP contribution in [-0.2, 0) is 27.5 Å². The molecular weight excluding hydrogens is 476 g/mol. The zero-order chi connectivity index (χ0) is 25.5. The summed E-state index contributed by atoms with van der Waals surface area (Å²) < 4.78 is 78.1. The Morgan fingerprint density at radius 2 is 1.91 bits per heavy atom. The molecule has 2 rings (SSSR count). The number of halogens is 4. The zero-order valence-electron chi connectivity index (χ0n) is 18.9. The molecule has 34 heavy (non-hydrogen) atoms. The number of pyridine rings is 1. The van der Waals surface area contributed by atoms with E-state index in [1.165, 1.54) is 25.1 Å². The van der Waals surface area contributed by atoms with Gasteiger partial charge in [0.2, 0.25) is 15.9 Å². The molecular formula is C22H26F4N4O3S. The predicted molar refractivity (Wildman–Crippen MR) is 123 cm³/mol. The lowest BCUT2D eigenvalue weighted by Gasteiger charge is -2.12. The smallest absolute Gasteiger partial charge is 0.370 e. The standard InChI is InChI=1S/C22H26F4N4O3S/c1-4-5-10-27-21-16(6-8-18(29-21)22(24,25)26)7-9-19(31)28-13-15-11-14(2)20(17(23)12-15)30-34(3,32)33/h6-9,11-12,30H,4-5,10,13H2,1-3H3,(H,27,29)(H,28,31). The van der Waals surface area contributed by atoms with Gasteiger partial charge in [0, 0.05) is 24.7 Å². The monoisotopic (exact) mass is 502 g/mol. The third-order valence-corrected chi connectivity index (χ3v) is 5.13. The minimum Gasteiger partial charge on any atom is -0.370 e. The number of anilines is 2. The summed E-state index contributed by atoms with van der Waals surface area (Å²) in [4.78, 5) is 15.8. The summed E-state index contributed by atoms with van der Waals surface area (Å²) in [6, 6.07) is 4.68. The summed E-state index contributed by atoms with van der Waals surface area (Å²) in [6.45, 7) is 3.84. The Kier molecular flexibility index (Phi) is 9.02. The summed E-state index contributed by atoms with van der Waals surface area (Å²) in [6.07, 6.45) is 0.352. The molecule has 0 atom stereocenters. The SMILES string of the molecule is CCCCNc1nc(C(F)(F)F)ccc1C=CC(=O)NCc1cc(C)c(NS(C)(=O)=O)c(F)c1. The molecule has 1 amide bonds. The lowest BCUT2D eigenvalue weighted by Crippen LogP contribution is -2.21. The fourth-order valence-corrected chi connectivity index (χ4v) is 3.56. The summed E-state index contributed by atoms with van der Waals surface area (Å²) in [7, 11) is -3.66. The molecule has 0 aliphatic rings. The topological polar surface area (TPSA) is 100 Å². The van der Waals surface area contributed by atoms with E-state index in [0.29, 0.717) is 23.2 Å². The van der Waals surface area contributed by atoms with Crippen molar-refractivity contribution in [1.29, 1.82) is 0 Å². The van der Waals surface area contributed by atoms with Crippen molar-refractivity contribution in [2.75, 3.05) is 22.8 Å². The van der Waals surface area contributed by atoms with Crippen LogP contribution in [0.1, 0.15) is 42.1 Å². The van der Waals surface area contributed by atoms with E-state index >= 15 is 0 Å². The predicted octanol–water partition coefficient (Wildman–Crippen LogP) is 4.46. The van der Waals surface area contributed by atoms with Gasteiger partial charge in [-0.2, -0.15) is 13.2 Å². The summed E-state index contributed by atoms with van der Waals surface area (Å²) >= 11 is 0. The van der Waals surface area contributed by atoms with Crippen LogP contribution in [0.4, 0.5) is 29.1 Å². The molecule has 0 aliphatic carbocycles. The average Bonchev–Trinajstić information content (AvgIpc) is 2.72. The van der Waals surface area contributed by atoms with Crippen molar-refractivity contribution in [3.05, 3.63) is 58.5 Å². The number of aromatic nitrogens is 1. The first-order chi connectivity index (χ1) is 15.8. The van der Waals surface area contributed by atoms with Crippen LogP contribution in [0, 0.1) is 12.7 Å². The Morgan fingerprint density at radius 3 is 2.50 bits per heavy atom. The third-order valence-electron chi connectivity index (χ3n) is 4.56. The molecule has 2 aromatic rings. The molecule has 0 saturated heterocycles. The van der Waals surface area contributed by atoms with Crippen molar-refractivity contribution in [2.45, 2.75) is 39.4 Å². The van der Waals surface area contributed by atoms with Gasteiger partial charge in [-0.25, -0.2) is 17.8 Å². The van der Waals surface area contributed by atoms with Gasteiger partial charge in [-0.1, -0.05) is 19.4 Å². The molecule has 0 radical (unpaired) electrons. The molecule has 1 aromatic heterocycles. The van der Waals surface area contributed by atoms with Gasteiger partial charge >= 0.3 is 6.18 Å². The number of amides is 1. The fraction of sp³-hybridized carbons (Fsp3) is 0.364. The Hall–Kier alpha value is -3.15. The number of aryl methyl sites for hydroxylation is 1. The molecule has 0 fully saturated rings. The number of benzene rings is 1. The number of alkyl halides is 3. The van der Waals surface area contributed by atoms with E-state index in [0.717, 1.165) is 37.3 Å². The van der Waals surface area contributed by atoms with Crippen LogP contribution in [-0.4, -0.2) is 32.1 Å². The van der Waals surface area contributed by atoms with Gasteiger partial charge in [0.15, 0.2) is 0 Å².